The second-order valence-corrected chi connectivity index (χ2v) is 5.31. The summed E-state index contributed by atoms with van der Waals surface area (Å²) in [4.78, 5) is 11.6. The van der Waals surface area contributed by atoms with Crippen LogP contribution in [0.25, 0.3) is 0 Å². The van der Waals surface area contributed by atoms with Crippen LogP contribution in [0.4, 0.5) is 0 Å². The van der Waals surface area contributed by atoms with Crippen LogP contribution in [0.2, 0.25) is 0 Å². The van der Waals surface area contributed by atoms with Crippen molar-refractivity contribution in [3.8, 4) is 0 Å². The Labute approximate surface area is 85.0 Å². The summed E-state index contributed by atoms with van der Waals surface area (Å²) in [6, 6.07) is 0. The van der Waals surface area contributed by atoms with Crippen LogP contribution >= 0.6 is 0 Å². The van der Waals surface area contributed by atoms with E-state index in [0.717, 1.165) is 17.8 Å². The maximum atomic E-state index is 11.6. The van der Waals surface area contributed by atoms with Gasteiger partial charge in [0.2, 0.25) is 0 Å². The number of rotatable bonds is 1. The highest BCUT2D eigenvalue weighted by molar-refractivity contribution is 5.76. The number of ether oxygens (including phenoxy) is 1. The molecule has 2 aliphatic carbocycles. The molecule has 3 rings (SSSR count). The van der Waals surface area contributed by atoms with Gasteiger partial charge < -0.3 is 4.74 Å². The van der Waals surface area contributed by atoms with Gasteiger partial charge in [0.05, 0.1) is 12.5 Å². The molecule has 6 atom stereocenters. The monoisotopic (exact) mass is 194 g/mol. The van der Waals surface area contributed by atoms with Gasteiger partial charge in [-0.15, -0.1) is 0 Å². The van der Waals surface area contributed by atoms with E-state index in [0.29, 0.717) is 18.4 Å². The number of cyclic esters (lactones) is 1. The van der Waals surface area contributed by atoms with Crippen molar-refractivity contribution in [2.75, 3.05) is 6.61 Å². The zero-order valence-electron chi connectivity index (χ0n) is 8.90. The van der Waals surface area contributed by atoms with Gasteiger partial charge in [0.15, 0.2) is 0 Å². The number of esters is 1. The highest BCUT2D eigenvalue weighted by Crippen LogP contribution is 2.61. The Morgan fingerprint density at radius 1 is 1.36 bits per heavy atom. The quantitative estimate of drug-likeness (QED) is 0.597. The number of carbonyl (C=O) groups excluding carboxylic acids is 1. The summed E-state index contributed by atoms with van der Waals surface area (Å²) >= 11 is 0. The molecule has 1 saturated heterocycles. The van der Waals surface area contributed by atoms with Crippen LogP contribution in [0.1, 0.15) is 26.7 Å². The molecule has 0 aromatic carbocycles. The van der Waals surface area contributed by atoms with Gasteiger partial charge in [0.25, 0.3) is 0 Å². The molecular weight excluding hydrogens is 176 g/mol. The normalized spacial score (nSPS) is 54.9. The molecule has 6 unspecified atom stereocenters. The lowest BCUT2D eigenvalue weighted by Crippen LogP contribution is -2.33. The first-order valence-electron chi connectivity index (χ1n) is 5.90. The second kappa shape index (κ2) is 2.74. The molecule has 2 saturated carbocycles. The molecule has 0 aromatic rings. The van der Waals surface area contributed by atoms with Gasteiger partial charge >= 0.3 is 5.97 Å². The highest BCUT2D eigenvalue weighted by atomic mass is 16.5. The van der Waals surface area contributed by atoms with Gasteiger partial charge in [-0.25, -0.2) is 0 Å². The van der Waals surface area contributed by atoms with Gasteiger partial charge in [-0.3, -0.25) is 4.79 Å². The van der Waals surface area contributed by atoms with Crippen LogP contribution in [-0.2, 0) is 9.53 Å². The van der Waals surface area contributed by atoms with Crippen molar-refractivity contribution in [3.05, 3.63) is 0 Å². The third kappa shape index (κ3) is 0.850. The summed E-state index contributed by atoms with van der Waals surface area (Å²) in [7, 11) is 0. The van der Waals surface area contributed by atoms with E-state index in [1.807, 2.05) is 0 Å². The van der Waals surface area contributed by atoms with Crippen LogP contribution < -0.4 is 0 Å². The molecule has 0 aromatic heterocycles. The van der Waals surface area contributed by atoms with E-state index in [9.17, 15) is 4.79 Å². The minimum atomic E-state index is 0.101. The Kier molecular flexibility index (Phi) is 1.71. The summed E-state index contributed by atoms with van der Waals surface area (Å²) in [6.07, 6.45) is 2.57. The van der Waals surface area contributed by atoms with Crippen LogP contribution in [0, 0.1) is 35.5 Å². The predicted octanol–water partition coefficient (Wildman–Crippen LogP) is 2.09. The molecule has 3 aliphatic rings. The Balaban J connectivity index is 1.92. The van der Waals surface area contributed by atoms with Crippen molar-refractivity contribution in [2.24, 2.45) is 35.5 Å². The first-order chi connectivity index (χ1) is 6.74. The minimum Gasteiger partial charge on any atom is -0.465 e. The summed E-state index contributed by atoms with van der Waals surface area (Å²) in [5.41, 5.74) is 0. The first-order valence-corrected chi connectivity index (χ1v) is 5.90. The van der Waals surface area contributed by atoms with Crippen LogP contribution in [0.15, 0.2) is 0 Å². The van der Waals surface area contributed by atoms with Gasteiger partial charge in [-0.1, -0.05) is 20.3 Å². The third-order valence-electron chi connectivity index (χ3n) is 5.08. The summed E-state index contributed by atoms with van der Waals surface area (Å²) in [5, 5.41) is 0. The average molecular weight is 194 g/mol. The summed E-state index contributed by atoms with van der Waals surface area (Å²) in [5.74, 6) is 3.99. The van der Waals surface area contributed by atoms with E-state index in [2.05, 4.69) is 13.8 Å². The molecule has 0 amide bonds. The van der Waals surface area contributed by atoms with Crippen molar-refractivity contribution in [1.29, 1.82) is 0 Å². The molecule has 3 fully saturated rings. The van der Waals surface area contributed by atoms with Crippen LogP contribution in [0.3, 0.4) is 0 Å². The first kappa shape index (κ1) is 8.75. The fraction of sp³-hybridized carbons (Fsp3) is 0.917. The van der Waals surface area contributed by atoms with E-state index >= 15 is 0 Å². The van der Waals surface area contributed by atoms with Gasteiger partial charge in [-0.2, -0.15) is 0 Å². The van der Waals surface area contributed by atoms with Crippen LogP contribution in [-0.4, -0.2) is 12.6 Å². The van der Waals surface area contributed by atoms with Crippen molar-refractivity contribution >= 4 is 5.97 Å². The van der Waals surface area contributed by atoms with Gasteiger partial charge in [0.1, 0.15) is 0 Å². The van der Waals surface area contributed by atoms with Crippen molar-refractivity contribution in [3.63, 3.8) is 0 Å². The largest absolute Gasteiger partial charge is 0.465 e. The molecular formula is C12H18O2. The average Bonchev–Trinajstić information content (AvgIpc) is 2.77. The summed E-state index contributed by atoms with van der Waals surface area (Å²) < 4.78 is 5.20. The molecule has 0 radical (unpaired) electrons. The molecule has 1 heterocycles. The maximum absolute atomic E-state index is 11.6. The predicted molar refractivity (Wildman–Crippen MR) is 52.5 cm³/mol. The number of fused-ring (bicyclic) bond motifs is 5. The zero-order valence-corrected chi connectivity index (χ0v) is 8.90. The Bertz CT molecular complexity index is 273. The van der Waals surface area contributed by atoms with E-state index in [-0.39, 0.29) is 11.9 Å². The topological polar surface area (TPSA) is 26.3 Å². The standard InChI is InChI=1S/C12H18O2/c1-3-7-6(2)8-4-9(7)10-5-14-12(13)11(8)10/h6-11H,3-5H2,1-2H3. The Morgan fingerprint density at radius 3 is 2.86 bits per heavy atom. The van der Waals surface area contributed by atoms with Crippen molar-refractivity contribution in [2.45, 2.75) is 26.7 Å². The summed E-state index contributed by atoms with van der Waals surface area (Å²) in [6.45, 7) is 5.34. The Morgan fingerprint density at radius 2 is 2.14 bits per heavy atom. The lowest BCUT2D eigenvalue weighted by atomic mass is 9.69. The maximum Gasteiger partial charge on any atom is 0.309 e. The molecule has 0 N–H and O–H groups in total. The zero-order chi connectivity index (χ0) is 9.87. The molecule has 2 bridgehead atoms. The van der Waals surface area contributed by atoms with Crippen LogP contribution in [0.5, 0.6) is 0 Å². The van der Waals surface area contributed by atoms with E-state index in [1.165, 1.54) is 12.8 Å². The fourth-order valence-electron chi connectivity index (χ4n) is 4.49. The van der Waals surface area contributed by atoms with Crippen molar-refractivity contribution < 1.29 is 9.53 Å². The number of hydrogen-bond donors (Lipinski definition) is 0. The van der Waals surface area contributed by atoms with Crippen molar-refractivity contribution in [1.82, 2.24) is 0 Å². The molecule has 78 valence electrons. The molecule has 2 heteroatoms. The molecule has 0 spiro atoms. The molecule has 1 aliphatic heterocycles. The van der Waals surface area contributed by atoms with E-state index < -0.39 is 0 Å². The SMILES string of the molecule is CCC1C(C)C2CC1C1COC(=O)C21. The lowest BCUT2D eigenvalue weighted by Gasteiger charge is -2.33. The minimum absolute atomic E-state index is 0.101. The fourth-order valence-corrected chi connectivity index (χ4v) is 4.49. The van der Waals surface area contributed by atoms with E-state index in [4.69, 9.17) is 4.74 Å². The highest BCUT2D eigenvalue weighted by Gasteiger charge is 2.61. The number of hydrogen-bond acceptors (Lipinski definition) is 2. The Hall–Kier alpha value is -0.530. The van der Waals surface area contributed by atoms with Gasteiger partial charge in [-0.05, 0) is 30.1 Å². The lowest BCUT2D eigenvalue weighted by molar-refractivity contribution is -0.143. The molecule has 2 nitrogen and oxygen atoms in total. The second-order valence-electron chi connectivity index (χ2n) is 5.31. The molecule has 14 heavy (non-hydrogen) atoms. The smallest absolute Gasteiger partial charge is 0.309 e. The van der Waals surface area contributed by atoms with E-state index in [1.54, 1.807) is 0 Å². The number of carbonyl (C=O) groups is 1. The van der Waals surface area contributed by atoms with Gasteiger partial charge in [0, 0.05) is 5.92 Å². The third-order valence-corrected chi connectivity index (χ3v) is 5.08.